The van der Waals surface area contributed by atoms with Crippen molar-refractivity contribution in [1.29, 1.82) is 0 Å². The molecule has 1 heterocycles. The highest BCUT2D eigenvalue weighted by atomic mass is 16.5. The molecule has 3 heteroatoms. The second kappa shape index (κ2) is 5.72. The van der Waals surface area contributed by atoms with E-state index in [9.17, 15) is 0 Å². The Balaban J connectivity index is 2.29. The van der Waals surface area contributed by atoms with E-state index in [1.165, 1.54) is 24.9 Å². The van der Waals surface area contributed by atoms with Crippen LogP contribution in [0, 0.1) is 0 Å². The topological polar surface area (TPSA) is 38.5 Å². The number of hydrogen-bond donors (Lipinski definition) is 1. The van der Waals surface area contributed by atoms with E-state index in [1.807, 2.05) is 19.9 Å². The molecule has 2 rings (SSSR count). The van der Waals surface area contributed by atoms with Gasteiger partial charge in [0, 0.05) is 23.8 Å². The quantitative estimate of drug-likeness (QED) is 0.838. The van der Waals surface area contributed by atoms with Crippen LogP contribution >= 0.6 is 0 Å². The van der Waals surface area contributed by atoms with Crippen LogP contribution in [0.3, 0.4) is 0 Å². The van der Waals surface area contributed by atoms with E-state index < -0.39 is 0 Å². The lowest BCUT2D eigenvalue weighted by Crippen LogP contribution is -2.34. The molecule has 0 saturated carbocycles. The molecule has 0 aliphatic carbocycles. The predicted octanol–water partition coefficient (Wildman–Crippen LogP) is 3.82. The van der Waals surface area contributed by atoms with Crippen LogP contribution in [0.15, 0.2) is 18.2 Å². The summed E-state index contributed by atoms with van der Waals surface area (Å²) in [6, 6.07) is 7.42. The Morgan fingerprint density at radius 1 is 1.37 bits per heavy atom. The molecule has 2 atom stereocenters. The van der Waals surface area contributed by atoms with Gasteiger partial charge in [0.2, 0.25) is 0 Å². The van der Waals surface area contributed by atoms with Crippen molar-refractivity contribution >= 4 is 11.4 Å². The van der Waals surface area contributed by atoms with Crippen molar-refractivity contribution in [3.63, 3.8) is 0 Å². The highest BCUT2D eigenvalue weighted by Gasteiger charge is 2.29. The lowest BCUT2D eigenvalue weighted by molar-refractivity contribution is 0.244. The number of benzene rings is 1. The predicted molar refractivity (Wildman–Crippen MR) is 81.9 cm³/mol. The highest BCUT2D eigenvalue weighted by Crippen LogP contribution is 2.36. The third-order valence-corrected chi connectivity index (χ3v) is 3.92. The molecule has 1 aromatic carbocycles. The molecule has 0 spiro atoms. The number of anilines is 2. The van der Waals surface area contributed by atoms with E-state index in [-0.39, 0.29) is 6.10 Å². The van der Waals surface area contributed by atoms with Crippen molar-refractivity contribution in [3.8, 4) is 5.75 Å². The second-order valence-corrected chi connectivity index (χ2v) is 5.78. The summed E-state index contributed by atoms with van der Waals surface area (Å²) >= 11 is 0. The number of nitrogens with zero attached hydrogens (tertiary/aromatic N) is 1. The van der Waals surface area contributed by atoms with Crippen LogP contribution in [0.2, 0.25) is 0 Å². The summed E-state index contributed by atoms with van der Waals surface area (Å²) in [4.78, 5) is 2.52. The summed E-state index contributed by atoms with van der Waals surface area (Å²) in [6.07, 6.45) is 3.89. The maximum Gasteiger partial charge on any atom is 0.144 e. The molecule has 1 fully saturated rings. The fraction of sp³-hybridized carbons (Fsp3) is 0.625. The van der Waals surface area contributed by atoms with Crippen LogP contribution in [0.25, 0.3) is 0 Å². The SMILES string of the molecule is CCC1CCC(C)N1c1ccc(N)c(OC(C)C)c1. The maximum atomic E-state index is 5.99. The summed E-state index contributed by atoms with van der Waals surface area (Å²) in [5.74, 6) is 0.807. The van der Waals surface area contributed by atoms with Gasteiger partial charge in [-0.15, -0.1) is 0 Å². The van der Waals surface area contributed by atoms with Crippen LogP contribution < -0.4 is 15.4 Å². The minimum atomic E-state index is 0.149. The molecular formula is C16H26N2O. The van der Waals surface area contributed by atoms with E-state index in [2.05, 4.69) is 30.9 Å². The van der Waals surface area contributed by atoms with Gasteiger partial charge in [0.15, 0.2) is 0 Å². The number of rotatable bonds is 4. The van der Waals surface area contributed by atoms with Gasteiger partial charge in [0.05, 0.1) is 11.8 Å². The third-order valence-electron chi connectivity index (χ3n) is 3.92. The molecule has 0 bridgehead atoms. The lowest BCUT2D eigenvalue weighted by atomic mass is 10.1. The van der Waals surface area contributed by atoms with Gasteiger partial charge in [0.1, 0.15) is 5.75 Å². The van der Waals surface area contributed by atoms with Gasteiger partial charge in [-0.25, -0.2) is 0 Å². The van der Waals surface area contributed by atoms with Gasteiger partial charge in [0.25, 0.3) is 0 Å². The number of hydrogen-bond acceptors (Lipinski definition) is 3. The first-order valence-electron chi connectivity index (χ1n) is 7.37. The summed E-state index contributed by atoms with van der Waals surface area (Å²) in [5.41, 5.74) is 7.95. The molecule has 1 saturated heterocycles. The van der Waals surface area contributed by atoms with Crippen LogP contribution in [-0.4, -0.2) is 18.2 Å². The first-order valence-corrected chi connectivity index (χ1v) is 7.37. The second-order valence-electron chi connectivity index (χ2n) is 5.78. The van der Waals surface area contributed by atoms with Crippen LogP contribution in [0.5, 0.6) is 5.75 Å². The van der Waals surface area contributed by atoms with Crippen LogP contribution in [0.1, 0.15) is 47.0 Å². The van der Waals surface area contributed by atoms with Gasteiger partial charge in [-0.2, -0.15) is 0 Å². The van der Waals surface area contributed by atoms with Crippen LogP contribution in [-0.2, 0) is 0 Å². The number of nitrogens with two attached hydrogens (primary N) is 1. The normalized spacial score (nSPS) is 23.1. The monoisotopic (exact) mass is 262 g/mol. The fourth-order valence-corrected chi connectivity index (χ4v) is 2.98. The smallest absolute Gasteiger partial charge is 0.144 e. The van der Waals surface area contributed by atoms with Crippen molar-refractivity contribution < 1.29 is 4.74 Å². The van der Waals surface area contributed by atoms with Crippen molar-refractivity contribution in [2.24, 2.45) is 0 Å². The van der Waals surface area contributed by atoms with E-state index in [0.717, 1.165) is 11.4 Å². The van der Waals surface area contributed by atoms with Gasteiger partial charge >= 0.3 is 0 Å². The van der Waals surface area contributed by atoms with E-state index in [4.69, 9.17) is 10.5 Å². The Morgan fingerprint density at radius 3 is 2.74 bits per heavy atom. The van der Waals surface area contributed by atoms with Gasteiger partial charge in [-0.1, -0.05) is 6.92 Å². The zero-order valence-electron chi connectivity index (χ0n) is 12.5. The largest absolute Gasteiger partial charge is 0.489 e. The van der Waals surface area contributed by atoms with Gasteiger partial charge in [-0.3, -0.25) is 0 Å². The minimum Gasteiger partial charge on any atom is -0.489 e. The van der Waals surface area contributed by atoms with E-state index in [1.54, 1.807) is 0 Å². The standard InChI is InChI=1S/C16H26N2O/c1-5-13-7-6-12(4)18(13)14-8-9-15(17)16(10-14)19-11(2)3/h8-13H,5-7,17H2,1-4H3. The molecule has 0 aromatic heterocycles. The Morgan fingerprint density at radius 2 is 2.11 bits per heavy atom. The molecule has 2 N–H and O–H groups in total. The Kier molecular flexibility index (Phi) is 4.23. The molecule has 2 unspecified atom stereocenters. The van der Waals surface area contributed by atoms with Crippen LogP contribution in [0.4, 0.5) is 11.4 Å². The molecule has 1 aliphatic rings. The average Bonchev–Trinajstić information content (AvgIpc) is 2.73. The Bertz CT molecular complexity index is 431. The highest BCUT2D eigenvalue weighted by molar-refractivity contribution is 5.63. The maximum absolute atomic E-state index is 5.99. The van der Waals surface area contributed by atoms with E-state index >= 15 is 0 Å². The molecule has 1 aromatic rings. The third kappa shape index (κ3) is 2.96. The summed E-state index contributed by atoms with van der Waals surface area (Å²) in [6.45, 7) is 8.62. The zero-order chi connectivity index (χ0) is 14.0. The van der Waals surface area contributed by atoms with Crippen molar-refractivity contribution in [2.45, 2.75) is 65.1 Å². The summed E-state index contributed by atoms with van der Waals surface area (Å²) in [7, 11) is 0. The summed E-state index contributed by atoms with van der Waals surface area (Å²) < 4.78 is 5.80. The Labute approximate surface area is 116 Å². The summed E-state index contributed by atoms with van der Waals surface area (Å²) in [5, 5.41) is 0. The molecule has 19 heavy (non-hydrogen) atoms. The van der Waals surface area contributed by atoms with Crippen molar-refractivity contribution in [3.05, 3.63) is 18.2 Å². The first-order chi connectivity index (χ1) is 9.02. The molecule has 106 valence electrons. The molecule has 0 radical (unpaired) electrons. The van der Waals surface area contributed by atoms with Gasteiger partial charge < -0.3 is 15.4 Å². The molecule has 1 aliphatic heterocycles. The van der Waals surface area contributed by atoms with E-state index in [0.29, 0.717) is 12.1 Å². The lowest BCUT2D eigenvalue weighted by Gasteiger charge is -2.31. The average molecular weight is 262 g/mol. The zero-order valence-corrected chi connectivity index (χ0v) is 12.5. The first kappa shape index (κ1) is 14.0. The number of ether oxygens (including phenoxy) is 1. The fourth-order valence-electron chi connectivity index (χ4n) is 2.98. The van der Waals surface area contributed by atoms with Crippen molar-refractivity contribution in [2.75, 3.05) is 10.6 Å². The van der Waals surface area contributed by atoms with Gasteiger partial charge in [-0.05, 0) is 52.2 Å². The molecule has 0 amide bonds. The number of nitrogen functional groups attached to an aromatic ring is 1. The minimum absolute atomic E-state index is 0.149. The molecular weight excluding hydrogens is 236 g/mol. The van der Waals surface area contributed by atoms with Crippen molar-refractivity contribution in [1.82, 2.24) is 0 Å². The Hall–Kier alpha value is -1.38. The molecule has 3 nitrogen and oxygen atoms in total.